The van der Waals surface area contributed by atoms with Gasteiger partial charge in [0.25, 0.3) is 0 Å². The quantitative estimate of drug-likeness (QED) is 0.586. The Bertz CT molecular complexity index is 139. The van der Waals surface area contributed by atoms with E-state index in [-0.39, 0.29) is 0 Å². The van der Waals surface area contributed by atoms with Gasteiger partial charge >= 0.3 is 0 Å². The zero-order valence-corrected chi connectivity index (χ0v) is 5.91. The first-order chi connectivity index (χ1) is 4.33. The molecule has 0 aliphatic carbocycles. The van der Waals surface area contributed by atoms with Crippen LogP contribution in [-0.4, -0.2) is 13.1 Å². The number of hydrogen-bond donors (Lipinski definition) is 1. The average molecular weight is 123 g/mol. The molecule has 1 rings (SSSR count). The molecule has 1 heterocycles. The van der Waals surface area contributed by atoms with Crippen LogP contribution in [0.4, 0.5) is 0 Å². The summed E-state index contributed by atoms with van der Waals surface area (Å²) >= 11 is 0. The lowest BCUT2D eigenvalue weighted by atomic mass is 10.1. The Morgan fingerprint density at radius 2 is 2.44 bits per heavy atom. The maximum atomic E-state index is 3.89. The molecule has 1 nitrogen and oxygen atoms in total. The summed E-state index contributed by atoms with van der Waals surface area (Å²) in [6.45, 7) is 8.16. The summed E-state index contributed by atoms with van der Waals surface area (Å²) in [7, 11) is 0. The molecule has 50 valence electrons. The smallest absolute Gasteiger partial charge is 0.0183 e. The van der Waals surface area contributed by atoms with Crippen molar-refractivity contribution in [1.29, 1.82) is 0 Å². The molecule has 0 bridgehead atoms. The van der Waals surface area contributed by atoms with E-state index in [0.717, 1.165) is 19.5 Å². The van der Waals surface area contributed by atoms with Gasteiger partial charge in [-0.2, -0.15) is 0 Å². The summed E-state index contributed by atoms with van der Waals surface area (Å²) in [6, 6.07) is 0. The summed E-state index contributed by atoms with van der Waals surface area (Å²) in [5.41, 5.74) is 2.73. The number of nitrogens with one attached hydrogen (secondary N) is 1. The number of hydrogen-bond acceptors (Lipinski definition) is 1. The molecule has 9 heavy (non-hydrogen) atoms. The molecule has 1 N–H and O–H groups in total. The fourth-order valence-electron chi connectivity index (χ4n) is 0.762. The molecule has 0 saturated carbocycles. The van der Waals surface area contributed by atoms with Gasteiger partial charge in [0.15, 0.2) is 0 Å². The lowest BCUT2D eigenvalue weighted by molar-refractivity contribution is 0.667. The van der Waals surface area contributed by atoms with Crippen LogP contribution in [0.25, 0.3) is 0 Å². The van der Waals surface area contributed by atoms with E-state index in [2.05, 4.69) is 24.9 Å². The number of allylic oxidation sites excluding steroid dienone is 2. The molecule has 0 radical (unpaired) electrons. The molecular formula is C8H13N. The van der Waals surface area contributed by atoms with Crippen molar-refractivity contribution in [3.63, 3.8) is 0 Å². The first kappa shape index (κ1) is 6.56. The van der Waals surface area contributed by atoms with Gasteiger partial charge in [-0.25, -0.2) is 0 Å². The Morgan fingerprint density at radius 1 is 1.78 bits per heavy atom. The molecule has 0 spiro atoms. The van der Waals surface area contributed by atoms with E-state index in [1.807, 2.05) is 0 Å². The van der Waals surface area contributed by atoms with Crippen LogP contribution in [0.2, 0.25) is 0 Å². The van der Waals surface area contributed by atoms with Gasteiger partial charge < -0.3 is 5.32 Å². The van der Waals surface area contributed by atoms with Gasteiger partial charge in [0.1, 0.15) is 0 Å². The molecule has 0 unspecified atom stereocenters. The third-order valence-corrected chi connectivity index (χ3v) is 1.57. The highest BCUT2D eigenvalue weighted by atomic mass is 14.9. The second-order valence-electron chi connectivity index (χ2n) is 2.42. The van der Waals surface area contributed by atoms with Crippen molar-refractivity contribution in [2.24, 2.45) is 0 Å². The lowest BCUT2D eigenvalue weighted by Gasteiger charge is -2.18. The van der Waals surface area contributed by atoms with Gasteiger partial charge in [0.05, 0.1) is 0 Å². The third-order valence-electron chi connectivity index (χ3n) is 1.57. The molecule has 1 aliphatic rings. The first-order valence-electron chi connectivity index (χ1n) is 3.41. The van der Waals surface area contributed by atoms with Crippen molar-refractivity contribution in [3.05, 3.63) is 23.8 Å². The van der Waals surface area contributed by atoms with Gasteiger partial charge in [-0.3, -0.25) is 0 Å². The van der Waals surface area contributed by atoms with Crippen LogP contribution in [0.5, 0.6) is 0 Å². The Labute approximate surface area is 56.5 Å². The molecule has 0 atom stereocenters. The van der Waals surface area contributed by atoms with Crippen molar-refractivity contribution in [3.8, 4) is 0 Å². The molecular weight excluding hydrogens is 110 g/mol. The Hall–Kier alpha value is -0.560. The molecule has 1 fully saturated rings. The molecule has 0 aromatic rings. The van der Waals surface area contributed by atoms with Crippen LogP contribution in [-0.2, 0) is 0 Å². The number of rotatable bonds is 2. The summed E-state index contributed by atoms with van der Waals surface area (Å²) in [5.74, 6) is 0. The van der Waals surface area contributed by atoms with Crippen LogP contribution < -0.4 is 5.32 Å². The van der Waals surface area contributed by atoms with E-state index >= 15 is 0 Å². The monoisotopic (exact) mass is 123 g/mol. The van der Waals surface area contributed by atoms with Crippen LogP contribution in [0, 0.1) is 0 Å². The minimum Gasteiger partial charge on any atom is -0.309 e. The zero-order chi connectivity index (χ0) is 6.69. The second kappa shape index (κ2) is 2.83. The SMILES string of the molecule is C=C(C=C1CNC1)CC. The van der Waals surface area contributed by atoms with Crippen molar-refractivity contribution < 1.29 is 0 Å². The minimum atomic E-state index is 1.07. The van der Waals surface area contributed by atoms with Crippen molar-refractivity contribution in [2.45, 2.75) is 13.3 Å². The molecule has 1 aliphatic heterocycles. The highest BCUT2D eigenvalue weighted by Crippen LogP contribution is 2.06. The summed E-state index contributed by atoms with van der Waals surface area (Å²) in [4.78, 5) is 0. The Morgan fingerprint density at radius 3 is 2.78 bits per heavy atom. The lowest BCUT2D eigenvalue weighted by Crippen LogP contribution is -2.33. The summed E-state index contributed by atoms with van der Waals surface area (Å²) in [6.07, 6.45) is 3.26. The highest BCUT2D eigenvalue weighted by molar-refractivity contribution is 5.25. The average Bonchev–Trinajstić information content (AvgIpc) is 1.78. The van der Waals surface area contributed by atoms with E-state index in [1.54, 1.807) is 0 Å². The third kappa shape index (κ3) is 1.68. The van der Waals surface area contributed by atoms with Gasteiger partial charge in [-0.15, -0.1) is 0 Å². The van der Waals surface area contributed by atoms with Crippen LogP contribution >= 0.6 is 0 Å². The molecule has 1 heteroatoms. The normalized spacial score (nSPS) is 16.8. The predicted molar refractivity (Wildman–Crippen MR) is 40.4 cm³/mol. The van der Waals surface area contributed by atoms with E-state index in [9.17, 15) is 0 Å². The van der Waals surface area contributed by atoms with Crippen LogP contribution in [0.3, 0.4) is 0 Å². The van der Waals surface area contributed by atoms with Crippen LogP contribution in [0.15, 0.2) is 23.8 Å². The van der Waals surface area contributed by atoms with Crippen molar-refractivity contribution in [1.82, 2.24) is 5.32 Å². The summed E-state index contributed by atoms with van der Waals surface area (Å²) < 4.78 is 0. The van der Waals surface area contributed by atoms with Gasteiger partial charge in [-0.05, 0) is 12.0 Å². The van der Waals surface area contributed by atoms with Crippen LogP contribution in [0.1, 0.15) is 13.3 Å². The first-order valence-corrected chi connectivity index (χ1v) is 3.41. The van der Waals surface area contributed by atoms with E-state index in [1.165, 1.54) is 11.1 Å². The van der Waals surface area contributed by atoms with Gasteiger partial charge in [-0.1, -0.05) is 25.2 Å². The molecule has 0 amide bonds. The standard InChI is InChI=1S/C8H13N/c1-3-7(2)4-8-5-9-6-8/h4,9H,2-3,5-6H2,1H3. The topological polar surface area (TPSA) is 12.0 Å². The largest absolute Gasteiger partial charge is 0.309 e. The van der Waals surface area contributed by atoms with Crippen molar-refractivity contribution in [2.75, 3.05) is 13.1 Å². The predicted octanol–water partition coefficient (Wildman–Crippen LogP) is 1.48. The fourth-order valence-corrected chi connectivity index (χ4v) is 0.762. The molecule has 0 aromatic carbocycles. The minimum absolute atomic E-state index is 1.07. The van der Waals surface area contributed by atoms with E-state index in [4.69, 9.17) is 0 Å². The van der Waals surface area contributed by atoms with Crippen molar-refractivity contribution >= 4 is 0 Å². The Balaban J connectivity index is 2.37. The molecule has 0 aromatic heterocycles. The highest BCUT2D eigenvalue weighted by Gasteiger charge is 2.05. The van der Waals surface area contributed by atoms with E-state index < -0.39 is 0 Å². The van der Waals surface area contributed by atoms with Gasteiger partial charge in [0, 0.05) is 13.1 Å². The maximum Gasteiger partial charge on any atom is 0.0183 e. The fraction of sp³-hybridized carbons (Fsp3) is 0.500. The Kier molecular flexibility index (Phi) is 2.06. The van der Waals surface area contributed by atoms with E-state index in [0.29, 0.717) is 0 Å². The summed E-state index contributed by atoms with van der Waals surface area (Å²) in [5, 5.41) is 3.18. The maximum absolute atomic E-state index is 3.89. The second-order valence-corrected chi connectivity index (χ2v) is 2.42. The van der Waals surface area contributed by atoms with Gasteiger partial charge in [0.2, 0.25) is 0 Å². The molecule has 1 saturated heterocycles. The zero-order valence-electron chi connectivity index (χ0n) is 5.91.